The Bertz CT molecular complexity index is 409. The third-order valence-electron chi connectivity index (χ3n) is 2.65. The van der Waals surface area contributed by atoms with E-state index in [2.05, 4.69) is 27.6 Å². The van der Waals surface area contributed by atoms with Crippen molar-refractivity contribution in [2.45, 2.75) is 19.3 Å². The molecule has 0 aromatic carbocycles. The Labute approximate surface area is 106 Å². The van der Waals surface area contributed by atoms with Gasteiger partial charge in [-0.1, -0.05) is 0 Å². The Morgan fingerprint density at radius 1 is 1.41 bits per heavy atom. The highest BCUT2D eigenvalue weighted by molar-refractivity contribution is 7.80. The molecule has 0 atom stereocenters. The van der Waals surface area contributed by atoms with Gasteiger partial charge in [0.25, 0.3) is 0 Å². The molecule has 1 aromatic heterocycles. The minimum Gasteiger partial charge on any atom is -0.440 e. The van der Waals surface area contributed by atoms with Gasteiger partial charge in [0.15, 0.2) is 11.0 Å². The maximum absolute atomic E-state index is 5.66. The molecule has 1 aliphatic heterocycles. The van der Waals surface area contributed by atoms with Crippen LogP contribution in [0.5, 0.6) is 0 Å². The van der Waals surface area contributed by atoms with Gasteiger partial charge in [-0.05, 0) is 37.5 Å². The summed E-state index contributed by atoms with van der Waals surface area (Å²) in [7, 11) is 0. The number of thiocarbonyl (C=S) groups is 1. The van der Waals surface area contributed by atoms with E-state index in [0.29, 0.717) is 5.76 Å². The van der Waals surface area contributed by atoms with Crippen LogP contribution >= 0.6 is 12.2 Å². The van der Waals surface area contributed by atoms with E-state index in [-0.39, 0.29) is 5.11 Å². The summed E-state index contributed by atoms with van der Waals surface area (Å²) in [5, 5.41) is 3.99. The number of hydrogen-bond acceptors (Lipinski definition) is 4. The van der Waals surface area contributed by atoms with Crippen molar-refractivity contribution in [3.8, 4) is 0 Å². The van der Waals surface area contributed by atoms with Crippen molar-refractivity contribution in [1.29, 1.82) is 0 Å². The SMILES string of the molecule is NC(=S)NN=Cc1ccc(N2CCCCC2)o1. The van der Waals surface area contributed by atoms with Crippen molar-refractivity contribution in [2.75, 3.05) is 18.0 Å². The molecule has 5 nitrogen and oxygen atoms in total. The standard InChI is InChI=1S/C11H16N4OS/c12-11(17)14-13-8-9-4-5-10(16-9)15-6-2-1-3-7-15/h4-5,8H,1-3,6-7H2,(H3,12,14,17). The smallest absolute Gasteiger partial charge is 0.196 e. The number of nitrogens with zero attached hydrogens (tertiary/aromatic N) is 2. The Hall–Kier alpha value is -1.56. The minimum atomic E-state index is 0.143. The molecule has 1 aliphatic rings. The van der Waals surface area contributed by atoms with Gasteiger partial charge in [-0.25, -0.2) is 0 Å². The van der Waals surface area contributed by atoms with Crippen LogP contribution in [0, 0.1) is 0 Å². The van der Waals surface area contributed by atoms with Gasteiger partial charge >= 0.3 is 0 Å². The van der Waals surface area contributed by atoms with Crippen LogP contribution in [0.2, 0.25) is 0 Å². The van der Waals surface area contributed by atoms with Gasteiger partial charge in [0.1, 0.15) is 5.76 Å². The van der Waals surface area contributed by atoms with Crippen LogP contribution in [-0.2, 0) is 0 Å². The second-order valence-corrected chi connectivity index (χ2v) is 4.40. The molecule has 0 bridgehead atoms. The number of piperidine rings is 1. The molecular formula is C11H16N4OS. The maximum atomic E-state index is 5.66. The molecule has 2 heterocycles. The molecule has 1 saturated heterocycles. The third kappa shape index (κ3) is 3.45. The fourth-order valence-electron chi connectivity index (χ4n) is 1.86. The van der Waals surface area contributed by atoms with Gasteiger partial charge in [0.05, 0.1) is 6.21 Å². The Balaban J connectivity index is 1.95. The number of furan rings is 1. The lowest BCUT2D eigenvalue weighted by molar-refractivity contribution is 0.497. The average molecular weight is 252 g/mol. The van der Waals surface area contributed by atoms with Crippen molar-refractivity contribution >= 4 is 29.4 Å². The van der Waals surface area contributed by atoms with Gasteiger partial charge < -0.3 is 15.1 Å². The monoisotopic (exact) mass is 252 g/mol. The topological polar surface area (TPSA) is 66.8 Å². The van der Waals surface area contributed by atoms with Crippen LogP contribution in [0.4, 0.5) is 5.88 Å². The normalized spacial score (nSPS) is 16.4. The highest BCUT2D eigenvalue weighted by Crippen LogP contribution is 2.21. The number of nitrogens with two attached hydrogens (primary N) is 1. The maximum Gasteiger partial charge on any atom is 0.196 e. The van der Waals surface area contributed by atoms with Crippen molar-refractivity contribution in [2.24, 2.45) is 10.8 Å². The van der Waals surface area contributed by atoms with Gasteiger partial charge in [-0.2, -0.15) is 5.10 Å². The van der Waals surface area contributed by atoms with Gasteiger partial charge in [0, 0.05) is 19.2 Å². The van der Waals surface area contributed by atoms with Gasteiger partial charge in [-0.15, -0.1) is 0 Å². The fourth-order valence-corrected chi connectivity index (χ4v) is 1.91. The molecular weight excluding hydrogens is 236 g/mol. The van der Waals surface area contributed by atoms with Gasteiger partial charge in [-0.3, -0.25) is 5.43 Å². The second kappa shape index (κ2) is 5.67. The highest BCUT2D eigenvalue weighted by Gasteiger charge is 2.13. The number of hydrazone groups is 1. The van der Waals surface area contributed by atoms with Crippen molar-refractivity contribution in [1.82, 2.24) is 5.43 Å². The Kier molecular flexibility index (Phi) is 3.98. The first-order valence-electron chi connectivity index (χ1n) is 5.69. The van der Waals surface area contributed by atoms with E-state index in [0.717, 1.165) is 19.0 Å². The van der Waals surface area contributed by atoms with Crippen LogP contribution in [0.1, 0.15) is 25.0 Å². The molecule has 0 radical (unpaired) electrons. The van der Waals surface area contributed by atoms with E-state index in [1.165, 1.54) is 19.3 Å². The summed E-state index contributed by atoms with van der Waals surface area (Å²) in [6, 6.07) is 3.85. The van der Waals surface area contributed by atoms with Crippen LogP contribution in [-0.4, -0.2) is 24.4 Å². The fraction of sp³-hybridized carbons (Fsp3) is 0.455. The van der Waals surface area contributed by atoms with Crippen LogP contribution in [0.25, 0.3) is 0 Å². The number of anilines is 1. The summed E-state index contributed by atoms with van der Waals surface area (Å²) in [6.45, 7) is 2.13. The summed E-state index contributed by atoms with van der Waals surface area (Å²) in [6.07, 6.45) is 5.33. The number of hydrogen-bond donors (Lipinski definition) is 2. The van der Waals surface area contributed by atoms with Crippen molar-refractivity contribution in [3.05, 3.63) is 17.9 Å². The van der Waals surface area contributed by atoms with E-state index >= 15 is 0 Å². The average Bonchev–Trinajstić information content (AvgIpc) is 2.78. The highest BCUT2D eigenvalue weighted by atomic mass is 32.1. The molecule has 0 aliphatic carbocycles. The minimum absolute atomic E-state index is 0.143. The van der Waals surface area contributed by atoms with E-state index in [1.54, 1.807) is 6.21 Å². The first-order valence-corrected chi connectivity index (χ1v) is 6.10. The third-order valence-corrected chi connectivity index (χ3v) is 2.74. The summed E-state index contributed by atoms with van der Waals surface area (Å²) in [5.41, 5.74) is 7.73. The summed E-state index contributed by atoms with van der Waals surface area (Å²) in [4.78, 5) is 2.25. The van der Waals surface area contributed by atoms with Gasteiger partial charge in [0.2, 0.25) is 0 Å². The molecule has 1 aromatic rings. The molecule has 0 saturated carbocycles. The predicted molar refractivity (Wildman–Crippen MR) is 72.3 cm³/mol. The van der Waals surface area contributed by atoms with Crippen LogP contribution < -0.4 is 16.1 Å². The molecule has 3 N–H and O–H groups in total. The first kappa shape index (κ1) is 11.9. The van der Waals surface area contributed by atoms with E-state index < -0.39 is 0 Å². The lowest BCUT2D eigenvalue weighted by Gasteiger charge is -2.25. The van der Waals surface area contributed by atoms with E-state index in [9.17, 15) is 0 Å². The van der Waals surface area contributed by atoms with Crippen molar-refractivity contribution in [3.63, 3.8) is 0 Å². The summed E-state index contributed by atoms with van der Waals surface area (Å²) >= 11 is 4.63. The Morgan fingerprint density at radius 2 is 2.18 bits per heavy atom. The zero-order valence-electron chi connectivity index (χ0n) is 9.56. The molecule has 0 unspecified atom stereocenters. The number of nitrogens with one attached hydrogen (secondary N) is 1. The lowest BCUT2D eigenvalue weighted by Crippen LogP contribution is -2.28. The van der Waals surface area contributed by atoms with Crippen LogP contribution in [0.3, 0.4) is 0 Å². The molecule has 0 amide bonds. The first-order chi connectivity index (χ1) is 8.25. The molecule has 6 heteroatoms. The largest absolute Gasteiger partial charge is 0.440 e. The van der Waals surface area contributed by atoms with E-state index in [4.69, 9.17) is 10.2 Å². The molecule has 92 valence electrons. The number of rotatable bonds is 3. The molecule has 1 fully saturated rings. The van der Waals surface area contributed by atoms with Crippen molar-refractivity contribution < 1.29 is 4.42 Å². The zero-order valence-corrected chi connectivity index (χ0v) is 10.4. The molecule has 17 heavy (non-hydrogen) atoms. The second-order valence-electron chi connectivity index (χ2n) is 3.96. The summed E-state index contributed by atoms with van der Waals surface area (Å²) in [5.74, 6) is 1.59. The lowest BCUT2D eigenvalue weighted by atomic mass is 10.1. The van der Waals surface area contributed by atoms with E-state index in [1.807, 2.05) is 12.1 Å². The van der Waals surface area contributed by atoms with Crippen LogP contribution in [0.15, 0.2) is 21.7 Å². The summed E-state index contributed by atoms with van der Waals surface area (Å²) < 4.78 is 5.66. The molecule has 2 rings (SSSR count). The zero-order chi connectivity index (χ0) is 12.1. The Morgan fingerprint density at radius 3 is 2.88 bits per heavy atom. The quantitative estimate of drug-likeness (QED) is 0.484. The predicted octanol–water partition coefficient (Wildman–Crippen LogP) is 1.44. The molecule has 0 spiro atoms.